The van der Waals surface area contributed by atoms with Gasteiger partial charge in [0.15, 0.2) is 4.90 Å². The van der Waals surface area contributed by atoms with Crippen LogP contribution in [-0.4, -0.2) is 23.0 Å². The molecule has 0 saturated carbocycles. The summed E-state index contributed by atoms with van der Waals surface area (Å²) in [6, 6.07) is 12.9. The third-order valence-corrected chi connectivity index (χ3v) is 5.49. The number of cyclic esters (lactones) is 1. The number of ether oxygens (including phenoxy) is 2. The van der Waals surface area contributed by atoms with Gasteiger partial charge in [-0.25, -0.2) is 4.79 Å². The van der Waals surface area contributed by atoms with Crippen LogP contribution >= 0.6 is 11.6 Å². The van der Waals surface area contributed by atoms with Crippen LogP contribution in [0.25, 0.3) is 0 Å². The zero-order chi connectivity index (χ0) is 17.6. The van der Waals surface area contributed by atoms with E-state index < -0.39 is 17.3 Å². The minimum Gasteiger partial charge on any atom is -0.611 e. The number of benzene rings is 2. The highest BCUT2D eigenvalue weighted by Gasteiger charge is 2.18. The molecule has 7 heteroatoms. The fourth-order valence-corrected chi connectivity index (χ4v) is 3.82. The summed E-state index contributed by atoms with van der Waals surface area (Å²) in [6.07, 6.45) is 1.09. The molecule has 25 heavy (non-hydrogen) atoms. The number of anilines is 1. The third-order valence-electron chi connectivity index (χ3n) is 3.74. The predicted molar refractivity (Wildman–Crippen MR) is 97.7 cm³/mol. The second kappa shape index (κ2) is 8.47. The number of unbranched alkanes of at least 4 members (excludes halogenated alkanes) is 1. The van der Waals surface area contributed by atoms with E-state index in [-0.39, 0.29) is 6.61 Å². The van der Waals surface area contributed by atoms with E-state index in [1.807, 2.05) is 30.3 Å². The highest BCUT2D eigenvalue weighted by molar-refractivity contribution is 7.91. The summed E-state index contributed by atoms with van der Waals surface area (Å²) in [5.74, 6) is 1.16. The van der Waals surface area contributed by atoms with Crippen LogP contribution in [0.3, 0.4) is 0 Å². The van der Waals surface area contributed by atoms with Crippen LogP contribution in [0.15, 0.2) is 47.4 Å². The molecule has 0 bridgehead atoms. The third kappa shape index (κ3) is 4.81. The molecule has 0 spiro atoms. The normalized spacial score (nSPS) is 14.2. The summed E-state index contributed by atoms with van der Waals surface area (Å²) in [7, 11) is 0. The molecule has 0 fully saturated rings. The molecule has 2 aromatic rings. The molecule has 0 radical (unpaired) electrons. The first-order valence-electron chi connectivity index (χ1n) is 7.96. The first kappa shape index (κ1) is 17.9. The van der Waals surface area contributed by atoms with Gasteiger partial charge < -0.3 is 14.0 Å². The van der Waals surface area contributed by atoms with Gasteiger partial charge in [-0.05, 0) is 48.3 Å². The number of hydrogen-bond acceptors (Lipinski definition) is 4. The van der Waals surface area contributed by atoms with E-state index in [4.69, 9.17) is 21.1 Å². The van der Waals surface area contributed by atoms with Crippen molar-refractivity contribution in [3.8, 4) is 5.75 Å². The van der Waals surface area contributed by atoms with Crippen LogP contribution in [0.2, 0.25) is 5.02 Å². The molecule has 0 saturated heterocycles. The SMILES string of the molecule is O=C1Nc2cc(Cl)c(OCCCC[S+]([O-])c3ccccc3)cc2CO1. The van der Waals surface area contributed by atoms with Crippen molar-refractivity contribution in [3.63, 3.8) is 0 Å². The lowest BCUT2D eigenvalue weighted by Gasteiger charge is -2.19. The molecule has 1 unspecified atom stereocenters. The van der Waals surface area contributed by atoms with Crippen LogP contribution < -0.4 is 10.1 Å². The number of carbonyl (C=O) groups excluding carboxylic acids is 1. The van der Waals surface area contributed by atoms with Crippen LogP contribution in [0.4, 0.5) is 10.5 Å². The van der Waals surface area contributed by atoms with E-state index in [2.05, 4.69) is 5.32 Å². The van der Waals surface area contributed by atoms with Crippen molar-refractivity contribution in [2.75, 3.05) is 17.7 Å². The van der Waals surface area contributed by atoms with Crippen LogP contribution in [-0.2, 0) is 22.5 Å². The number of amides is 1. The average molecular weight is 380 g/mol. The molecule has 0 aromatic heterocycles. The lowest BCUT2D eigenvalue weighted by Crippen LogP contribution is -2.20. The minimum atomic E-state index is -0.979. The van der Waals surface area contributed by atoms with E-state index in [1.165, 1.54) is 0 Å². The standard InChI is InChI=1S/C18H18ClNO4S/c19-15-11-16-13(12-24-18(21)20-16)10-17(15)23-8-4-5-9-25(22)14-6-2-1-3-7-14/h1-3,6-7,10-11H,4-5,8-9,12H2,(H,20,21). The molecule has 1 atom stereocenters. The summed E-state index contributed by atoms with van der Waals surface area (Å²) in [4.78, 5) is 12.0. The lowest BCUT2D eigenvalue weighted by atomic mass is 10.1. The first-order valence-corrected chi connectivity index (χ1v) is 9.65. The number of halogens is 1. The largest absolute Gasteiger partial charge is 0.611 e. The maximum atomic E-state index is 12.1. The van der Waals surface area contributed by atoms with Crippen LogP contribution in [0.1, 0.15) is 18.4 Å². The smallest absolute Gasteiger partial charge is 0.411 e. The maximum Gasteiger partial charge on any atom is 0.411 e. The van der Waals surface area contributed by atoms with Crippen molar-refractivity contribution in [1.82, 2.24) is 0 Å². The molecule has 3 rings (SSSR count). The molecular weight excluding hydrogens is 362 g/mol. The Bertz CT molecular complexity index is 741. The van der Waals surface area contributed by atoms with Crippen molar-refractivity contribution in [2.24, 2.45) is 0 Å². The van der Waals surface area contributed by atoms with Gasteiger partial charge in [0.1, 0.15) is 18.1 Å². The second-order valence-corrected chi connectivity index (χ2v) is 7.54. The molecule has 1 aliphatic heterocycles. The number of nitrogens with one attached hydrogen (secondary N) is 1. The van der Waals surface area contributed by atoms with Gasteiger partial charge in [-0.1, -0.05) is 29.8 Å². The quantitative estimate of drug-likeness (QED) is 0.572. The van der Waals surface area contributed by atoms with Crippen molar-refractivity contribution in [1.29, 1.82) is 0 Å². The molecule has 1 heterocycles. The number of rotatable bonds is 7. The fourth-order valence-electron chi connectivity index (χ4n) is 2.44. The summed E-state index contributed by atoms with van der Waals surface area (Å²) < 4.78 is 22.8. The highest BCUT2D eigenvalue weighted by Crippen LogP contribution is 2.33. The Kier molecular flexibility index (Phi) is 6.07. The van der Waals surface area contributed by atoms with Gasteiger partial charge in [-0.15, -0.1) is 0 Å². The Hall–Kier alpha value is -1.89. The predicted octanol–water partition coefficient (Wildman–Crippen LogP) is 4.37. The van der Waals surface area contributed by atoms with E-state index in [1.54, 1.807) is 12.1 Å². The maximum absolute atomic E-state index is 12.1. The molecule has 5 nitrogen and oxygen atoms in total. The van der Waals surface area contributed by atoms with E-state index in [9.17, 15) is 9.35 Å². The molecule has 2 aromatic carbocycles. The molecule has 1 N–H and O–H groups in total. The Morgan fingerprint density at radius 2 is 2.04 bits per heavy atom. The Labute approximate surface area is 154 Å². The molecular formula is C18H18ClNO4S. The first-order chi connectivity index (χ1) is 12.1. The van der Waals surface area contributed by atoms with Gasteiger partial charge in [-0.3, -0.25) is 5.32 Å². The molecule has 1 aliphatic rings. The van der Waals surface area contributed by atoms with Crippen LogP contribution in [0.5, 0.6) is 5.75 Å². The zero-order valence-electron chi connectivity index (χ0n) is 13.5. The van der Waals surface area contributed by atoms with E-state index >= 15 is 0 Å². The fraction of sp³-hybridized carbons (Fsp3) is 0.278. The van der Waals surface area contributed by atoms with E-state index in [0.717, 1.165) is 23.3 Å². The Morgan fingerprint density at radius 3 is 2.84 bits per heavy atom. The topological polar surface area (TPSA) is 70.6 Å². The summed E-state index contributed by atoms with van der Waals surface area (Å²) in [5.41, 5.74) is 1.47. The summed E-state index contributed by atoms with van der Waals surface area (Å²) >= 11 is 5.21. The highest BCUT2D eigenvalue weighted by atomic mass is 35.5. The van der Waals surface area contributed by atoms with E-state index in [0.29, 0.717) is 28.8 Å². The number of carbonyl (C=O) groups is 1. The van der Waals surface area contributed by atoms with Gasteiger partial charge in [-0.2, -0.15) is 0 Å². The number of hydrogen-bond donors (Lipinski definition) is 1. The molecule has 0 aliphatic carbocycles. The number of fused-ring (bicyclic) bond motifs is 1. The average Bonchev–Trinajstić information content (AvgIpc) is 2.62. The van der Waals surface area contributed by atoms with Crippen molar-refractivity contribution >= 4 is 34.6 Å². The van der Waals surface area contributed by atoms with Gasteiger partial charge in [0.2, 0.25) is 0 Å². The molecule has 132 valence electrons. The monoisotopic (exact) mass is 379 g/mol. The lowest BCUT2D eigenvalue weighted by molar-refractivity contribution is 0.151. The van der Waals surface area contributed by atoms with Gasteiger partial charge in [0.25, 0.3) is 0 Å². The Balaban J connectivity index is 1.45. The van der Waals surface area contributed by atoms with Gasteiger partial charge >= 0.3 is 6.09 Å². The Morgan fingerprint density at radius 1 is 1.24 bits per heavy atom. The second-order valence-electron chi connectivity index (χ2n) is 5.56. The van der Waals surface area contributed by atoms with Gasteiger partial charge in [0.05, 0.1) is 17.3 Å². The van der Waals surface area contributed by atoms with Crippen LogP contribution in [0, 0.1) is 0 Å². The molecule has 1 amide bonds. The van der Waals surface area contributed by atoms with Crippen molar-refractivity contribution in [2.45, 2.75) is 24.3 Å². The summed E-state index contributed by atoms with van der Waals surface area (Å²) in [5, 5.41) is 3.04. The van der Waals surface area contributed by atoms with Crippen molar-refractivity contribution in [3.05, 3.63) is 53.1 Å². The minimum absolute atomic E-state index is 0.199. The van der Waals surface area contributed by atoms with Gasteiger partial charge in [0, 0.05) is 5.56 Å². The summed E-state index contributed by atoms with van der Waals surface area (Å²) in [6.45, 7) is 0.683. The van der Waals surface area contributed by atoms with Crippen molar-refractivity contribution < 1.29 is 18.8 Å². The zero-order valence-corrected chi connectivity index (χ0v) is 15.1.